The van der Waals surface area contributed by atoms with E-state index in [1.807, 2.05) is 6.07 Å². The zero-order valence-corrected chi connectivity index (χ0v) is 14.0. The summed E-state index contributed by atoms with van der Waals surface area (Å²) >= 11 is 0. The summed E-state index contributed by atoms with van der Waals surface area (Å²) in [5.74, 6) is 1.19. The molecule has 0 bridgehead atoms. The molecule has 1 aliphatic carbocycles. The van der Waals surface area contributed by atoms with E-state index in [4.69, 9.17) is 9.47 Å². The van der Waals surface area contributed by atoms with E-state index >= 15 is 0 Å². The number of nitrogens with one attached hydrogen (secondary N) is 1. The standard InChI is InChI=1S/C15H23NO5S/c1-4-7-22(18,19)16-10-15(17)6-5-11-8-13(20-2)14(21-3)9-12(11)15/h8-9,16-17H,4-7,10H2,1-3H3. The van der Waals surface area contributed by atoms with Crippen molar-refractivity contribution < 1.29 is 23.0 Å². The average Bonchev–Trinajstić information content (AvgIpc) is 2.81. The first-order valence-corrected chi connectivity index (χ1v) is 8.95. The Morgan fingerprint density at radius 2 is 1.91 bits per heavy atom. The molecule has 2 rings (SSSR count). The smallest absolute Gasteiger partial charge is 0.211 e. The first-order valence-electron chi connectivity index (χ1n) is 7.30. The number of hydrogen-bond acceptors (Lipinski definition) is 5. The van der Waals surface area contributed by atoms with Crippen LogP contribution in [-0.4, -0.2) is 40.0 Å². The molecule has 124 valence electrons. The molecule has 1 aromatic rings. The summed E-state index contributed by atoms with van der Waals surface area (Å²) in [6, 6.07) is 3.57. The molecule has 2 N–H and O–H groups in total. The third kappa shape index (κ3) is 3.37. The van der Waals surface area contributed by atoms with Gasteiger partial charge in [-0.3, -0.25) is 0 Å². The summed E-state index contributed by atoms with van der Waals surface area (Å²) in [7, 11) is -0.264. The molecule has 0 heterocycles. The van der Waals surface area contributed by atoms with Crippen LogP contribution >= 0.6 is 0 Å². The number of fused-ring (bicyclic) bond motifs is 1. The number of benzene rings is 1. The van der Waals surface area contributed by atoms with E-state index in [9.17, 15) is 13.5 Å². The average molecular weight is 329 g/mol. The van der Waals surface area contributed by atoms with Gasteiger partial charge in [-0.2, -0.15) is 0 Å². The van der Waals surface area contributed by atoms with E-state index in [-0.39, 0.29) is 12.3 Å². The lowest BCUT2D eigenvalue weighted by Crippen LogP contribution is -2.40. The van der Waals surface area contributed by atoms with Gasteiger partial charge in [-0.05, 0) is 42.5 Å². The Morgan fingerprint density at radius 3 is 2.50 bits per heavy atom. The fraction of sp³-hybridized carbons (Fsp3) is 0.600. The zero-order chi connectivity index (χ0) is 16.4. The minimum Gasteiger partial charge on any atom is -0.493 e. The van der Waals surface area contributed by atoms with E-state index in [1.165, 1.54) is 7.11 Å². The van der Waals surface area contributed by atoms with Gasteiger partial charge in [-0.15, -0.1) is 0 Å². The summed E-state index contributed by atoms with van der Waals surface area (Å²) in [6.07, 6.45) is 1.67. The molecule has 0 spiro atoms. The molecule has 1 aromatic carbocycles. The van der Waals surface area contributed by atoms with Gasteiger partial charge in [0.2, 0.25) is 10.0 Å². The highest BCUT2D eigenvalue weighted by atomic mass is 32.2. The Labute approximate surface area is 131 Å². The molecule has 1 unspecified atom stereocenters. The lowest BCUT2D eigenvalue weighted by atomic mass is 9.96. The van der Waals surface area contributed by atoms with E-state index in [0.717, 1.165) is 5.56 Å². The predicted molar refractivity (Wildman–Crippen MR) is 83.8 cm³/mol. The summed E-state index contributed by atoms with van der Waals surface area (Å²) < 4.78 is 36.6. The van der Waals surface area contributed by atoms with E-state index in [2.05, 4.69) is 4.72 Å². The highest BCUT2D eigenvalue weighted by Crippen LogP contribution is 2.42. The molecule has 0 saturated heterocycles. The third-order valence-electron chi connectivity index (χ3n) is 3.98. The Hall–Kier alpha value is -1.31. The summed E-state index contributed by atoms with van der Waals surface area (Å²) in [5.41, 5.74) is 0.439. The Bertz CT molecular complexity index is 644. The van der Waals surface area contributed by atoms with Crippen LogP contribution in [0.1, 0.15) is 30.9 Å². The minimum absolute atomic E-state index is 0.0299. The van der Waals surface area contributed by atoms with Crippen LogP contribution in [0.4, 0.5) is 0 Å². The molecule has 1 aliphatic rings. The topological polar surface area (TPSA) is 84.9 Å². The van der Waals surface area contributed by atoms with Gasteiger partial charge in [-0.25, -0.2) is 13.1 Å². The number of hydrogen-bond donors (Lipinski definition) is 2. The van der Waals surface area contributed by atoms with Crippen LogP contribution in [0.25, 0.3) is 0 Å². The van der Waals surface area contributed by atoms with Crippen LogP contribution in [0.2, 0.25) is 0 Å². The van der Waals surface area contributed by atoms with Gasteiger partial charge in [-0.1, -0.05) is 6.92 Å². The molecular weight excluding hydrogens is 306 g/mol. The Balaban J connectivity index is 2.26. The summed E-state index contributed by atoms with van der Waals surface area (Å²) in [4.78, 5) is 0. The molecule has 0 fully saturated rings. The molecule has 0 saturated carbocycles. The highest BCUT2D eigenvalue weighted by molar-refractivity contribution is 7.89. The van der Waals surface area contributed by atoms with Crippen LogP contribution in [-0.2, 0) is 22.0 Å². The quantitative estimate of drug-likeness (QED) is 0.784. The Kier molecular flexibility index (Phi) is 4.99. The molecule has 22 heavy (non-hydrogen) atoms. The van der Waals surface area contributed by atoms with Gasteiger partial charge in [0.05, 0.1) is 20.0 Å². The van der Waals surface area contributed by atoms with Crippen molar-refractivity contribution in [2.45, 2.75) is 31.8 Å². The maximum atomic E-state index is 11.8. The van der Waals surface area contributed by atoms with Gasteiger partial charge in [0.15, 0.2) is 11.5 Å². The predicted octanol–water partition coefficient (Wildman–Crippen LogP) is 1.17. The summed E-state index contributed by atoms with van der Waals surface area (Å²) in [6.45, 7) is 1.77. The van der Waals surface area contributed by atoms with Crippen molar-refractivity contribution in [2.24, 2.45) is 0 Å². The normalized spacial score (nSPS) is 20.7. The second-order valence-electron chi connectivity index (χ2n) is 5.54. The maximum Gasteiger partial charge on any atom is 0.211 e. The van der Waals surface area contributed by atoms with Gasteiger partial charge in [0.25, 0.3) is 0 Å². The molecule has 0 aliphatic heterocycles. The molecular formula is C15H23NO5S. The zero-order valence-electron chi connectivity index (χ0n) is 13.2. The fourth-order valence-corrected chi connectivity index (χ4v) is 3.93. The monoisotopic (exact) mass is 329 g/mol. The molecule has 6 nitrogen and oxygen atoms in total. The minimum atomic E-state index is -3.35. The molecule has 0 aromatic heterocycles. The number of methoxy groups -OCH3 is 2. The van der Waals surface area contributed by atoms with Crippen molar-refractivity contribution in [3.05, 3.63) is 23.3 Å². The van der Waals surface area contributed by atoms with Crippen LogP contribution < -0.4 is 14.2 Å². The lowest BCUT2D eigenvalue weighted by molar-refractivity contribution is 0.0440. The van der Waals surface area contributed by atoms with Crippen molar-refractivity contribution >= 4 is 10.0 Å². The van der Waals surface area contributed by atoms with Crippen LogP contribution in [0.5, 0.6) is 11.5 Å². The van der Waals surface area contributed by atoms with Crippen LogP contribution in [0.15, 0.2) is 12.1 Å². The molecule has 1 atom stereocenters. The lowest BCUT2D eigenvalue weighted by Gasteiger charge is -2.25. The molecule has 7 heteroatoms. The Morgan fingerprint density at radius 1 is 1.27 bits per heavy atom. The van der Waals surface area contributed by atoms with Crippen molar-refractivity contribution in [3.8, 4) is 11.5 Å². The van der Waals surface area contributed by atoms with Crippen molar-refractivity contribution in [1.82, 2.24) is 4.72 Å². The first kappa shape index (κ1) is 17.1. The number of rotatable bonds is 7. The van der Waals surface area contributed by atoms with E-state index in [1.54, 1.807) is 20.1 Å². The van der Waals surface area contributed by atoms with Gasteiger partial charge in [0.1, 0.15) is 5.60 Å². The van der Waals surface area contributed by atoms with Crippen molar-refractivity contribution in [1.29, 1.82) is 0 Å². The second-order valence-corrected chi connectivity index (χ2v) is 7.46. The maximum absolute atomic E-state index is 11.8. The largest absolute Gasteiger partial charge is 0.493 e. The fourth-order valence-electron chi connectivity index (χ4n) is 2.79. The van der Waals surface area contributed by atoms with Crippen LogP contribution in [0, 0.1) is 0 Å². The first-order chi connectivity index (χ1) is 10.3. The van der Waals surface area contributed by atoms with Crippen molar-refractivity contribution in [3.63, 3.8) is 0 Å². The second kappa shape index (κ2) is 6.44. The van der Waals surface area contributed by atoms with Crippen LogP contribution in [0.3, 0.4) is 0 Å². The third-order valence-corrected chi connectivity index (χ3v) is 5.51. The van der Waals surface area contributed by atoms with Gasteiger partial charge in [0, 0.05) is 6.54 Å². The number of ether oxygens (including phenoxy) is 2. The summed E-state index contributed by atoms with van der Waals surface area (Å²) in [5, 5.41) is 10.8. The van der Waals surface area contributed by atoms with Gasteiger partial charge < -0.3 is 14.6 Å². The van der Waals surface area contributed by atoms with Gasteiger partial charge >= 0.3 is 0 Å². The highest BCUT2D eigenvalue weighted by Gasteiger charge is 2.38. The number of aliphatic hydroxyl groups is 1. The molecule has 0 amide bonds. The number of aryl methyl sites for hydroxylation is 1. The van der Waals surface area contributed by atoms with Crippen molar-refractivity contribution in [2.75, 3.05) is 26.5 Å². The SMILES string of the molecule is CCCS(=O)(=O)NCC1(O)CCc2cc(OC)c(OC)cc21. The van der Waals surface area contributed by atoms with E-state index < -0.39 is 15.6 Å². The molecule has 0 radical (unpaired) electrons. The number of sulfonamides is 1. The van der Waals surface area contributed by atoms with E-state index in [0.29, 0.717) is 36.3 Å².